The van der Waals surface area contributed by atoms with Gasteiger partial charge in [-0.05, 0) is 0 Å². The second kappa shape index (κ2) is 2.64. The van der Waals surface area contributed by atoms with Gasteiger partial charge in [-0.15, -0.1) is 0 Å². The zero-order chi connectivity index (χ0) is 12.4. The van der Waals surface area contributed by atoms with Gasteiger partial charge in [-0.25, -0.2) is 14.4 Å². The van der Waals surface area contributed by atoms with Gasteiger partial charge in [0, 0.05) is 0 Å². The van der Waals surface area contributed by atoms with E-state index in [0.29, 0.717) is 0 Å². The van der Waals surface area contributed by atoms with Crippen molar-refractivity contribution < 1.29 is 26.5 Å². The molecular formula is C9O9. The van der Waals surface area contributed by atoms with Crippen LogP contribution in [0.5, 0.6) is 0 Å². The highest BCUT2D eigenvalue weighted by molar-refractivity contribution is 6.13. The van der Waals surface area contributed by atoms with Crippen LogP contribution in [0.15, 0.2) is 40.9 Å². The third kappa shape index (κ3) is 0.930. The maximum absolute atomic E-state index is 11.1. The molecule has 9 nitrogen and oxygen atoms in total. The number of hydrogen-bond donors (Lipinski definition) is 0. The fraction of sp³-hybridized carbons (Fsp3) is 0. The van der Waals surface area contributed by atoms with E-state index in [9.17, 15) is 14.4 Å². The Labute approximate surface area is 92.8 Å². The maximum Gasteiger partial charge on any atom is 0.519 e. The molecule has 0 aliphatic rings. The van der Waals surface area contributed by atoms with Gasteiger partial charge in [0.05, 0.1) is 0 Å². The van der Waals surface area contributed by atoms with E-state index in [1.807, 2.05) is 0 Å². The molecule has 0 unspecified atom stereocenters. The molecule has 0 saturated heterocycles. The van der Waals surface area contributed by atoms with Gasteiger partial charge in [0.2, 0.25) is 33.5 Å². The minimum Gasteiger partial charge on any atom is -0.386 e. The molecule has 3 heterocycles. The average molecular weight is 252 g/mol. The predicted octanol–water partition coefficient (Wildman–Crippen LogP) is 0.785. The van der Waals surface area contributed by atoms with Gasteiger partial charge in [0.25, 0.3) is 0 Å². The van der Waals surface area contributed by atoms with Crippen molar-refractivity contribution in [3.8, 4) is 0 Å². The topological polar surface area (TPSA) is 130 Å². The van der Waals surface area contributed by atoms with Gasteiger partial charge in [-0.3, -0.25) is 0 Å². The minimum absolute atomic E-state index is 0.196. The molecular weight excluding hydrogens is 252 g/mol. The van der Waals surface area contributed by atoms with Crippen LogP contribution in [0.1, 0.15) is 0 Å². The molecule has 0 fully saturated rings. The summed E-state index contributed by atoms with van der Waals surface area (Å²) in [6.45, 7) is 0. The van der Waals surface area contributed by atoms with Crippen molar-refractivity contribution in [2.75, 3.05) is 0 Å². The summed E-state index contributed by atoms with van der Waals surface area (Å²) in [6, 6.07) is 0. The Balaban J connectivity index is 2.56. The summed E-state index contributed by atoms with van der Waals surface area (Å²) in [5.74, 6) is -3.15. The van der Waals surface area contributed by atoms with E-state index in [0.717, 1.165) is 0 Å². The van der Waals surface area contributed by atoms with Gasteiger partial charge in [0.15, 0.2) is 0 Å². The van der Waals surface area contributed by atoms with Crippen molar-refractivity contribution in [3.05, 3.63) is 31.9 Å². The van der Waals surface area contributed by atoms with Crippen LogP contribution in [-0.4, -0.2) is 0 Å². The van der Waals surface area contributed by atoms with Crippen molar-refractivity contribution in [2.24, 2.45) is 0 Å². The van der Waals surface area contributed by atoms with Gasteiger partial charge in [-0.1, -0.05) is 0 Å². The van der Waals surface area contributed by atoms with Gasteiger partial charge in [0.1, 0.15) is 0 Å². The Morgan fingerprint density at radius 1 is 0.389 bits per heavy atom. The van der Waals surface area contributed by atoms with E-state index in [2.05, 4.69) is 0 Å². The Morgan fingerprint density at radius 2 is 0.556 bits per heavy atom. The molecule has 0 N–H and O–H groups in total. The van der Waals surface area contributed by atoms with Crippen LogP contribution in [0.25, 0.3) is 33.5 Å². The first-order valence-electron chi connectivity index (χ1n) is 4.56. The third-order valence-corrected chi connectivity index (χ3v) is 2.35. The van der Waals surface area contributed by atoms with E-state index in [4.69, 9.17) is 26.5 Å². The van der Waals surface area contributed by atoms with Crippen LogP contribution in [-0.2, 0) is 0 Å². The lowest BCUT2D eigenvalue weighted by Crippen LogP contribution is -1.85. The lowest BCUT2D eigenvalue weighted by atomic mass is 10.3. The van der Waals surface area contributed by atoms with Crippen molar-refractivity contribution in [3.63, 3.8) is 0 Å². The summed E-state index contributed by atoms with van der Waals surface area (Å²) >= 11 is 0. The summed E-state index contributed by atoms with van der Waals surface area (Å²) in [7, 11) is 0. The molecule has 90 valence electrons. The highest BCUT2D eigenvalue weighted by Crippen LogP contribution is 2.33. The van der Waals surface area contributed by atoms with Crippen LogP contribution < -0.4 is 17.5 Å². The molecule has 1 aromatic carbocycles. The Bertz CT molecular complexity index is 827. The van der Waals surface area contributed by atoms with Crippen molar-refractivity contribution in [1.82, 2.24) is 0 Å². The van der Waals surface area contributed by atoms with Crippen LogP contribution in [0.3, 0.4) is 0 Å². The summed E-state index contributed by atoms with van der Waals surface area (Å²) in [5, 5.41) is 0. The predicted molar refractivity (Wildman–Crippen MR) is 51.4 cm³/mol. The number of benzene rings is 1. The first-order chi connectivity index (χ1) is 8.63. The SMILES string of the molecule is O=c1oc2c3oc(=O)oc3c3oc(=O)oc3c2o1. The molecule has 3 aromatic heterocycles. The maximum atomic E-state index is 11.1. The molecule has 0 radical (unpaired) electrons. The molecule has 0 amide bonds. The van der Waals surface area contributed by atoms with E-state index in [1.54, 1.807) is 0 Å². The average Bonchev–Trinajstić information content (AvgIpc) is 2.93. The molecule has 18 heavy (non-hydrogen) atoms. The lowest BCUT2D eigenvalue weighted by Gasteiger charge is -1.86. The van der Waals surface area contributed by atoms with E-state index < -0.39 is 17.5 Å². The molecule has 4 aromatic rings. The van der Waals surface area contributed by atoms with E-state index in [-0.39, 0.29) is 33.5 Å². The van der Waals surface area contributed by atoms with Crippen molar-refractivity contribution in [2.45, 2.75) is 0 Å². The molecule has 0 bridgehead atoms. The first kappa shape index (κ1) is 9.10. The molecule has 9 heteroatoms. The minimum atomic E-state index is -1.05. The zero-order valence-electron chi connectivity index (χ0n) is 8.17. The Morgan fingerprint density at radius 3 is 0.722 bits per heavy atom. The lowest BCUT2D eigenvalue weighted by molar-refractivity contribution is 0.398. The molecule has 0 spiro atoms. The highest BCUT2D eigenvalue weighted by Gasteiger charge is 2.25. The summed E-state index contributed by atoms with van der Waals surface area (Å²) in [5.41, 5.74) is -1.18. The fourth-order valence-corrected chi connectivity index (χ4v) is 1.74. The number of fused-ring (bicyclic) bond motifs is 6. The fourth-order valence-electron chi connectivity index (χ4n) is 1.74. The quantitative estimate of drug-likeness (QED) is 0.445. The first-order valence-corrected chi connectivity index (χ1v) is 4.56. The van der Waals surface area contributed by atoms with Crippen molar-refractivity contribution >= 4 is 33.5 Å². The Hall–Kier alpha value is -2.97. The molecule has 0 saturated carbocycles. The Kier molecular flexibility index (Phi) is 1.34. The highest BCUT2D eigenvalue weighted by atomic mass is 16.6. The van der Waals surface area contributed by atoms with Crippen LogP contribution in [0.2, 0.25) is 0 Å². The summed E-state index contributed by atoms with van der Waals surface area (Å²) in [4.78, 5) is 33.2. The van der Waals surface area contributed by atoms with Crippen LogP contribution >= 0.6 is 0 Å². The van der Waals surface area contributed by atoms with Gasteiger partial charge in [-0.2, -0.15) is 0 Å². The molecule has 0 aliphatic carbocycles. The number of hydrogen-bond acceptors (Lipinski definition) is 9. The second-order valence-electron chi connectivity index (χ2n) is 3.34. The van der Waals surface area contributed by atoms with E-state index >= 15 is 0 Å². The third-order valence-electron chi connectivity index (χ3n) is 2.35. The monoisotopic (exact) mass is 252 g/mol. The number of rotatable bonds is 0. The molecule has 0 atom stereocenters. The second-order valence-corrected chi connectivity index (χ2v) is 3.34. The van der Waals surface area contributed by atoms with Gasteiger partial charge >= 0.3 is 17.5 Å². The van der Waals surface area contributed by atoms with Crippen LogP contribution in [0.4, 0.5) is 0 Å². The molecule has 0 aliphatic heterocycles. The summed E-state index contributed by atoms with van der Waals surface area (Å²) in [6.07, 6.45) is 0. The molecule has 4 rings (SSSR count). The normalized spacial score (nSPS) is 12.0. The van der Waals surface area contributed by atoms with Crippen molar-refractivity contribution in [1.29, 1.82) is 0 Å². The zero-order valence-corrected chi connectivity index (χ0v) is 8.17. The van der Waals surface area contributed by atoms with Gasteiger partial charge < -0.3 is 26.5 Å². The summed E-state index contributed by atoms with van der Waals surface area (Å²) < 4.78 is 28.2. The van der Waals surface area contributed by atoms with E-state index in [1.165, 1.54) is 0 Å². The largest absolute Gasteiger partial charge is 0.519 e. The standard InChI is InChI=1S/C9O9/c10-7-13-1-2(14-7)4-6(18-9(12)17-4)5-3(1)15-8(11)16-5. The smallest absolute Gasteiger partial charge is 0.386 e. The van der Waals surface area contributed by atoms with Crippen LogP contribution in [0, 0.1) is 0 Å².